The van der Waals surface area contributed by atoms with Gasteiger partial charge in [0.15, 0.2) is 0 Å². The number of aromatic nitrogens is 4. The van der Waals surface area contributed by atoms with Gasteiger partial charge in [-0.1, -0.05) is 12.8 Å². The third-order valence-electron chi connectivity index (χ3n) is 6.39. The molecule has 0 unspecified atom stereocenters. The van der Waals surface area contributed by atoms with Crippen molar-refractivity contribution in [1.29, 1.82) is 0 Å². The molecule has 2 atom stereocenters. The summed E-state index contributed by atoms with van der Waals surface area (Å²) in [7, 11) is 0. The van der Waals surface area contributed by atoms with Gasteiger partial charge in [0.2, 0.25) is 0 Å². The first-order valence-corrected chi connectivity index (χ1v) is 10.4. The fraction of sp³-hybridized carbons (Fsp3) is 0.667. The zero-order valence-corrected chi connectivity index (χ0v) is 15.5. The summed E-state index contributed by atoms with van der Waals surface area (Å²) in [4.78, 5) is 16.7. The number of thiophene rings is 1. The highest BCUT2D eigenvalue weighted by Gasteiger charge is 2.44. The van der Waals surface area contributed by atoms with Crippen LogP contribution >= 0.6 is 11.3 Å². The maximum atomic E-state index is 13.5. The molecule has 1 saturated heterocycles. The molecule has 138 valence electrons. The first kappa shape index (κ1) is 16.4. The zero-order chi connectivity index (χ0) is 17.7. The lowest BCUT2D eigenvalue weighted by Gasteiger charge is -2.47. The standard InChI is InChI=1S/C18H23N5O2S/c24-16(22-9-8-18(25)7-2-1-4-12(18)10-22)15-13-5-3-6-14(13)26-17(15)23-11-19-20-21-23/h11-12,25H,1-10H2/t12-,18-/m1/s1. The molecule has 0 bridgehead atoms. The Morgan fingerprint density at radius 1 is 1.27 bits per heavy atom. The molecule has 1 saturated carbocycles. The van der Waals surface area contributed by atoms with Crippen LogP contribution in [0.4, 0.5) is 0 Å². The number of nitrogens with zero attached hydrogens (tertiary/aromatic N) is 5. The molecule has 1 N–H and O–H groups in total. The number of aryl methyl sites for hydroxylation is 1. The van der Waals surface area contributed by atoms with Crippen LogP contribution in [0.5, 0.6) is 0 Å². The van der Waals surface area contributed by atoms with Gasteiger partial charge in [-0.3, -0.25) is 4.79 Å². The Morgan fingerprint density at radius 3 is 3.04 bits per heavy atom. The van der Waals surface area contributed by atoms with Gasteiger partial charge in [-0.05, 0) is 54.5 Å². The first-order valence-electron chi connectivity index (χ1n) is 9.55. The van der Waals surface area contributed by atoms with Gasteiger partial charge in [0.05, 0.1) is 11.2 Å². The minimum atomic E-state index is -0.565. The highest BCUT2D eigenvalue weighted by Crippen LogP contribution is 2.42. The van der Waals surface area contributed by atoms with Gasteiger partial charge < -0.3 is 10.0 Å². The number of rotatable bonds is 2. The van der Waals surface area contributed by atoms with Crippen molar-refractivity contribution in [3.8, 4) is 5.00 Å². The van der Waals surface area contributed by atoms with Crippen LogP contribution in [-0.4, -0.2) is 54.8 Å². The van der Waals surface area contributed by atoms with Crippen molar-refractivity contribution >= 4 is 17.2 Å². The van der Waals surface area contributed by atoms with Gasteiger partial charge in [-0.15, -0.1) is 16.4 Å². The second-order valence-corrected chi connectivity index (χ2v) is 8.92. The molecule has 3 heterocycles. The van der Waals surface area contributed by atoms with Gasteiger partial charge in [-0.25, -0.2) is 0 Å². The average molecular weight is 373 g/mol. The van der Waals surface area contributed by atoms with Crippen molar-refractivity contribution in [3.05, 3.63) is 22.3 Å². The van der Waals surface area contributed by atoms with Crippen LogP contribution in [0.1, 0.15) is 59.3 Å². The maximum absolute atomic E-state index is 13.5. The average Bonchev–Trinajstić information content (AvgIpc) is 3.36. The fourth-order valence-corrected chi connectivity index (χ4v) is 6.24. The lowest BCUT2D eigenvalue weighted by molar-refractivity contribution is -0.0886. The zero-order valence-electron chi connectivity index (χ0n) is 14.7. The Kier molecular flexibility index (Phi) is 3.86. The van der Waals surface area contributed by atoms with Gasteiger partial charge in [0.1, 0.15) is 11.3 Å². The molecule has 7 nitrogen and oxygen atoms in total. The highest BCUT2D eigenvalue weighted by molar-refractivity contribution is 7.15. The number of aliphatic hydroxyl groups is 1. The molecule has 2 aliphatic carbocycles. The largest absolute Gasteiger partial charge is 0.389 e. The molecule has 0 radical (unpaired) electrons. The molecule has 8 heteroatoms. The van der Waals surface area contributed by atoms with E-state index in [1.54, 1.807) is 22.3 Å². The third kappa shape index (κ3) is 2.50. The lowest BCUT2D eigenvalue weighted by atomic mass is 9.71. The Bertz CT molecular complexity index is 833. The quantitative estimate of drug-likeness (QED) is 0.870. The number of amides is 1. The van der Waals surface area contributed by atoms with Crippen molar-refractivity contribution in [3.63, 3.8) is 0 Å². The molecular formula is C18H23N5O2S. The first-order chi connectivity index (χ1) is 12.7. The van der Waals surface area contributed by atoms with Gasteiger partial charge in [0, 0.05) is 23.9 Å². The SMILES string of the molecule is O=C(c1c(-n2cnnn2)sc2c1CCC2)N1CC[C@]2(O)CCCC[C@@H]2C1. The summed E-state index contributed by atoms with van der Waals surface area (Å²) in [5.41, 5.74) is 1.41. The van der Waals surface area contributed by atoms with Crippen LogP contribution < -0.4 is 0 Å². The van der Waals surface area contributed by atoms with Crippen molar-refractivity contribution < 1.29 is 9.90 Å². The van der Waals surface area contributed by atoms with E-state index in [2.05, 4.69) is 15.5 Å². The number of carbonyl (C=O) groups excluding carboxylic acids is 1. The van der Waals surface area contributed by atoms with E-state index >= 15 is 0 Å². The molecule has 1 amide bonds. The second kappa shape index (κ2) is 6.13. The van der Waals surface area contributed by atoms with E-state index in [1.165, 1.54) is 10.4 Å². The van der Waals surface area contributed by atoms with E-state index in [9.17, 15) is 9.90 Å². The molecule has 2 aromatic heterocycles. The molecule has 0 spiro atoms. The summed E-state index contributed by atoms with van der Waals surface area (Å²) in [6, 6.07) is 0. The van der Waals surface area contributed by atoms with Crippen LogP contribution in [0.2, 0.25) is 0 Å². The Hall–Kier alpha value is -1.80. The number of carbonyl (C=O) groups is 1. The molecule has 2 aromatic rings. The molecule has 0 aromatic carbocycles. The second-order valence-electron chi connectivity index (χ2n) is 7.84. The number of likely N-dealkylation sites (tertiary alicyclic amines) is 1. The van der Waals surface area contributed by atoms with Crippen molar-refractivity contribution in [2.75, 3.05) is 13.1 Å². The highest BCUT2D eigenvalue weighted by atomic mass is 32.1. The Morgan fingerprint density at radius 2 is 2.19 bits per heavy atom. The summed E-state index contributed by atoms with van der Waals surface area (Å²) in [5.74, 6) is 0.291. The number of fused-ring (bicyclic) bond motifs is 2. The van der Waals surface area contributed by atoms with Crippen molar-refractivity contribution in [2.24, 2.45) is 5.92 Å². The molecule has 1 aliphatic heterocycles. The third-order valence-corrected chi connectivity index (χ3v) is 7.67. The number of piperidine rings is 1. The topological polar surface area (TPSA) is 84.1 Å². The van der Waals surface area contributed by atoms with E-state index < -0.39 is 5.60 Å². The monoisotopic (exact) mass is 373 g/mol. The van der Waals surface area contributed by atoms with Gasteiger partial charge in [-0.2, -0.15) is 4.68 Å². The molecular weight excluding hydrogens is 350 g/mol. The van der Waals surface area contributed by atoms with Crippen LogP contribution in [0, 0.1) is 5.92 Å². The van der Waals surface area contributed by atoms with Crippen molar-refractivity contribution in [2.45, 2.75) is 57.0 Å². The van der Waals surface area contributed by atoms with E-state index in [1.807, 2.05) is 4.90 Å². The number of hydrogen-bond acceptors (Lipinski definition) is 6. The molecule has 5 rings (SSSR count). The van der Waals surface area contributed by atoms with E-state index in [4.69, 9.17) is 0 Å². The molecule has 3 aliphatic rings. The summed E-state index contributed by atoms with van der Waals surface area (Å²) < 4.78 is 1.62. The predicted octanol–water partition coefficient (Wildman–Crippen LogP) is 1.98. The van der Waals surface area contributed by atoms with E-state index in [0.29, 0.717) is 19.5 Å². The lowest BCUT2D eigenvalue weighted by Crippen LogP contribution is -2.54. The minimum Gasteiger partial charge on any atom is -0.389 e. The fourth-order valence-electron chi connectivity index (χ4n) is 4.94. The predicted molar refractivity (Wildman–Crippen MR) is 96.5 cm³/mol. The van der Waals surface area contributed by atoms with Gasteiger partial charge >= 0.3 is 0 Å². The summed E-state index contributed by atoms with van der Waals surface area (Å²) in [6.45, 7) is 1.29. The molecule has 26 heavy (non-hydrogen) atoms. The Labute approximate surface area is 156 Å². The summed E-state index contributed by atoms with van der Waals surface area (Å²) in [6.07, 6.45) is 9.50. The smallest absolute Gasteiger partial charge is 0.257 e. The van der Waals surface area contributed by atoms with Gasteiger partial charge in [0.25, 0.3) is 5.91 Å². The normalized spacial score (nSPS) is 28.0. The summed E-state index contributed by atoms with van der Waals surface area (Å²) >= 11 is 1.64. The van der Waals surface area contributed by atoms with Crippen molar-refractivity contribution in [1.82, 2.24) is 25.1 Å². The van der Waals surface area contributed by atoms with Crippen LogP contribution in [-0.2, 0) is 12.8 Å². The minimum absolute atomic E-state index is 0.0857. The Balaban J connectivity index is 1.48. The van der Waals surface area contributed by atoms with Crippen LogP contribution in [0.3, 0.4) is 0 Å². The van der Waals surface area contributed by atoms with E-state index in [0.717, 1.165) is 55.5 Å². The van der Waals surface area contributed by atoms with E-state index in [-0.39, 0.29) is 11.8 Å². The maximum Gasteiger partial charge on any atom is 0.257 e. The number of tetrazole rings is 1. The number of hydrogen-bond donors (Lipinski definition) is 1. The molecule has 2 fully saturated rings. The van der Waals surface area contributed by atoms with Crippen LogP contribution in [0.15, 0.2) is 6.33 Å². The van der Waals surface area contributed by atoms with Crippen LogP contribution in [0.25, 0.3) is 5.00 Å². The summed E-state index contributed by atoms with van der Waals surface area (Å²) in [5, 5.41) is 23.3.